The summed E-state index contributed by atoms with van der Waals surface area (Å²) >= 11 is 0. The molecule has 3 fully saturated rings. The summed E-state index contributed by atoms with van der Waals surface area (Å²) in [7, 11) is 0. The Morgan fingerprint density at radius 3 is 2.48 bits per heavy atom. The van der Waals surface area contributed by atoms with Crippen LogP contribution in [-0.4, -0.2) is 22.8 Å². The van der Waals surface area contributed by atoms with Gasteiger partial charge in [-0.3, -0.25) is 9.59 Å². The van der Waals surface area contributed by atoms with Crippen molar-refractivity contribution in [1.82, 2.24) is 0 Å². The molecule has 0 aromatic heterocycles. The largest absolute Gasteiger partial charge is 0.385 e. The second-order valence-electron chi connectivity index (χ2n) is 9.80. The topological polar surface area (TPSA) is 54.4 Å². The van der Waals surface area contributed by atoms with Gasteiger partial charge in [0.25, 0.3) is 0 Å². The third kappa shape index (κ3) is 1.70. The lowest BCUT2D eigenvalue weighted by Gasteiger charge is -2.64. The van der Waals surface area contributed by atoms with Gasteiger partial charge in [-0.25, -0.2) is 0 Å². The molecule has 4 aliphatic rings. The van der Waals surface area contributed by atoms with Crippen molar-refractivity contribution in [2.75, 3.05) is 0 Å². The minimum absolute atomic E-state index is 0.0337. The predicted octanol–water partition coefficient (Wildman–Crippen LogP) is 3.30. The SMILES string of the molecule is CC1(C)[C@@H](O)C(=O)C[C@@]2(C)[C@H]1CC[C@@]13C=C[C@@](C)(C1)C(=O)C[C@@H]32. The molecule has 23 heavy (non-hydrogen) atoms. The summed E-state index contributed by atoms with van der Waals surface area (Å²) in [5.74, 6) is 0.840. The van der Waals surface area contributed by atoms with Crippen LogP contribution in [0.4, 0.5) is 0 Å². The number of ketones is 2. The second-order valence-corrected chi connectivity index (χ2v) is 9.80. The summed E-state index contributed by atoms with van der Waals surface area (Å²) in [6, 6.07) is 0. The van der Waals surface area contributed by atoms with Crippen LogP contribution in [0.15, 0.2) is 12.2 Å². The molecule has 0 aromatic carbocycles. The van der Waals surface area contributed by atoms with E-state index in [1.165, 1.54) is 0 Å². The van der Waals surface area contributed by atoms with Gasteiger partial charge in [0.1, 0.15) is 11.9 Å². The highest BCUT2D eigenvalue weighted by molar-refractivity contribution is 5.90. The van der Waals surface area contributed by atoms with E-state index >= 15 is 0 Å². The maximum Gasteiger partial charge on any atom is 0.162 e. The summed E-state index contributed by atoms with van der Waals surface area (Å²) < 4.78 is 0. The molecule has 4 aliphatic carbocycles. The molecule has 126 valence electrons. The molecule has 2 bridgehead atoms. The van der Waals surface area contributed by atoms with E-state index in [-0.39, 0.29) is 27.9 Å². The zero-order chi connectivity index (χ0) is 16.8. The van der Waals surface area contributed by atoms with Gasteiger partial charge in [-0.15, -0.1) is 0 Å². The van der Waals surface area contributed by atoms with Crippen LogP contribution in [0, 0.1) is 33.5 Å². The number of hydrogen-bond acceptors (Lipinski definition) is 3. The van der Waals surface area contributed by atoms with Gasteiger partial charge in [0.05, 0.1) is 0 Å². The molecular weight excluding hydrogens is 288 g/mol. The smallest absolute Gasteiger partial charge is 0.162 e. The van der Waals surface area contributed by atoms with E-state index in [2.05, 4.69) is 26.0 Å². The molecule has 0 aromatic rings. The van der Waals surface area contributed by atoms with Crippen molar-refractivity contribution in [1.29, 1.82) is 0 Å². The number of carbonyl (C=O) groups is 2. The molecule has 3 heteroatoms. The molecule has 0 heterocycles. The fraction of sp³-hybridized carbons (Fsp3) is 0.800. The zero-order valence-electron chi connectivity index (χ0n) is 14.7. The molecule has 3 nitrogen and oxygen atoms in total. The van der Waals surface area contributed by atoms with Crippen molar-refractivity contribution in [3.8, 4) is 0 Å². The van der Waals surface area contributed by atoms with Crippen molar-refractivity contribution < 1.29 is 14.7 Å². The molecule has 0 radical (unpaired) electrons. The van der Waals surface area contributed by atoms with Crippen molar-refractivity contribution >= 4 is 11.6 Å². The summed E-state index contributed by atoms with van der Waals surface area (Å²) in [4.78, 5) is 25.3. The fourth-order valence-electron chi connectivity index (χ4n) is 6.97. The van der Waals surface area contributed by atoms with Crippen LogP contribution >= 0.6 is 0 Å². The van der Waals surface area contributed by atoms with Crippen LogP contribution in [0.5, 0.6) is 0 Å². The molecular formula is C20H28O3. The first-order chi connectivity index (χ1) is 10.6. The first-order valence-corrected chi connectivity index (χ1v) is 9.00. The van der Waals surface area contributed by atoms with Crippen molar-refractivity contribution in [3.63, 3.8) is 0 Å². The van der Waals surface area contributed by atoms with E-state index in [0.717, 1.165) is 19.3 Å². The number of Topliss-reactive ketones (excluding diaryl/α,β-unsaturated/α-hetero) is 2. The minimum atomic E-state index is -0.863. The van der Waals surface area contributed by atoms with Gasteiger partial charge in [-0.1, -0.05) is 32.9 Å². The monoisotopic (exact) mass is 316 g/mol. The lowest BCUT2D eigenvalue weighted by molar-refractivity contribution is -0.185. The van der Waals surface area contributed by atoms with E-state index in [4.69, 9.17) is 0 Å². The highest BCUT2D eigenvalue weighted by Crippen LogP contribution is 2.70. The van der Waals surface area contributed by atoms with Gasteiger partial charge in [0, 0.05) is 23.7 Å². The van der Waals surface area contributed by atoms with E-state index in [0.29, 0.717) is 24.5 Å². The Labute approximate surface area is 138 Å². The highest BCUT2D eigenvalue weighted by atomic mass is 16.3. The second kappa shape index (κ2) is 4.17. The lowest BCUT2D eigenvalue weighted by Crippen LogP contribution is -2.63. The normalized spacial score (nSPS) is 53.9. The Morgan fingerprint density at radius 2 is 1.78 bits per heavy atom. The zero-order valence-corrected chi connectivity index (χ0v) is 14.7. The average Bonchev–Trinajstić information content (AvgIpc) is 2.75. The Kier molecular flexibility index (Phi) is 2.82. The molecule has 0 aliphatic heterocycles. The molecule has 3 saturated carbocycles. The van der Waals surface area contributed by atoms with Crippen LogP contribution in [0.1, 0.15) is 59.8 Å². The minimum Gasteiger partial charge on any atom is -0.385 e. The van der Waals surface area contributed by atoms with Gasteiger partial charge >= 0.3 is 0 Å². The third-order valence-electron chi connectivity index (χ3n) is 8.15. The molecule has 1 spiro atoms. The number of carbonyl (C=O) groups excluding carboxylic acids is 2. The first-order valence-electron chi connectivity index (χ1n) is 9.00. The first kappa shape index (κ1) is 15.6. The van der Waals surface area contributed by atoms with Crippen molar-refractivity contribution in [2.45, 2.75) is 65.9 Å². The number of aliphatic hydroxyl groups excluding tert-OH is 1. The Balaban J connectivity index is 1.81. The van der Waals surface area contributed by atoms with Crippen LogP contribution in [0.3, 0.4) is 0 Å². The van der Waals surface area contributed by atoms with Gasteiger partial charge in [-0.2, -0.15) is 0 Å². The van der Waals surface area contributed by atoms with Crippen molar-refractivity contribution in [2.24, 2.45) is 33.5 Å². The molecule has 0 saturated heterocycles. The average molecular weight is 316 g/mol. The van der Waals surface area contributed by atoms with Gasteiger partial charge in [0.15, 0.2) is 5.78 Å². The fourth-order valence-corrected chi connectivity index (χ4v) is 6.97. The maximum atomic E-state index is 12.8. The van der Waals surface area contributed by atoms with E-state index in [1.807, 2.05) is 13.8 Å². The lowest BCUT2D eigenvalue weighted by atomic mass is 9.40. The number of allylic oxidation sites excluding steroid dienone is 2. The van der Waals surface area contributed by atoms with E-state index < -0.39 is 11.5 Å². The Morgan fingerprint density at radius 1 is 1.09 bits per heavy atom. The number of aliphatic hydroxyl groups is 1. The molecule has 6 atom stereocenters. The maximum absolute atomic E-state index is 12.8. The summed E-state index contributed by atoms with van der Waals surface area (Å²) in [6.07, 6.45) is 7.65. The van der Waals surface area contributed by atoms with Gasteiger partial charge in [0.2, 0.25) is 0 Å². The number of hydrogen-bond donors (Lipinski definition) is 1. The Hall–Kier alpha value is -0.960. The molecule has 4 rings (SSSR count). The predicted molar refractivity (Wildman–Crippen MR) is 87.7 cm³/mol. The summed E-state index contributed by atoms with van der Waals surface area (Å²) in [6.45, 7) is 8.37. The van der Waals surface area contributed by atoms with E-state index in [1.54, 1.807) is 0 Å². The number of fused-ring (bicyclic) bond motifs is 3. The van der Waals surface area contributed by atoms with Crippen LogP contribution in [0.25, 0.3) is 0 Å². The highest BCUT2D eigenvalue weighted by Gasteiger charge is 2.67. The summed E-state index contributed by atoms with van der Waals surface area (Å²) in [5.41, 5.74) is -0.776. The Bertz CT molecular complexity index is 633. The third-order valence-corrected chi connectivity index (χ3v) is 8.15. The number of rotatable bonds is 0. The van der Waals surface area contributed by atoms with E-state index in [9.17, 15) is 14.7 Å². The van der Waals surface area contributed by atoms with Gasteiger partial charge < -0.3 is 5.11 Å². The summed E-state index contributed by atoms with van der Waals surface area (Å²) in [5, 5.41) is 10.4. The van der Waals surface area contributed by atoms with Crippen LogP contribution in [-0.2, 0) is 9.59 Å². The molecule has 1 N–H and O–H groups in total. The quantitative estimate of drug-likeness (QED) is 0.698. The standard InChI is InChI=1S/C20H28O3/c1-17(2)13-5-6-20-8-7-18(3,11-20)15(22)9-14(20)19(13,4)10-12(21)16(17)23/h7-8,13-14,16,23H,5-6,9-11H2,1-4H3/t13-,14+,16-,18-,19-,20+/m0/s1. The molecule has 0 unspecified atom stereocenters. The van der Waals surface area contributed by atoms with Crippen LogP contribution < -0.4 is 0 Å². The molecule has 0 amide bonds. The van der Waals surface area contributed by atoms with Gasteiger partial charge in [-0.05, 0) is 48.9 Å². The van der Waals surface area contributed by atoms with Crippen molar-refractivity contribution in [3.05, 3.63) is 12.2 Å². The van der Waals surface area contributed by atoms with Crippen LogP contribution in [0.2, 0.25) is 0 Å².